The largest absolute Gasteiger partial charge is 0.477 e. The minimum Gasteiger partial charge on any atom is -0.477 e. The summed E-state index contributed by atoms with van der Waals surface area (Å²) in [4.78, 5) is 17.1. The molecular formula is C11H9FN2O4S. The smallest absolute Gasteiger partial charge is 0.354 e. The van der Waals surface area contributed by atoms with E-state index in [0.29, 0.717) is 5.56 Å². The molecule has 1 heterocycles. The number of carboxylic acid groups (broad SMARTS) is 1. The van der Waals surface area contributed by atoms with E-state index in [9.17, 15) is 17.6 Å². The number of aromatic amines is 1. The van der Waals surface area contributed by atoms with Gasteiger partial charge in [-0.15, -0.1) is 0 Å². The van der Waals surface area contributed by atoms with Crippen LogP contribution in [-0.2, 0) is 9.84 Å². The summed E-state index contributed by atoms with van der Waals surface area (Å²) in [5.41, 5.74) is -0.0927. The van der Waals surface area contributed by atoms with Crippen LogP contribution in [0.5, 0.6) is 0 Å². The Morgan fingerprint density at radius 1 is 1.32 bits per heavy atom. The molecule has 0 aliphatic carbocycles. The standard InChI is InChI=1S/C11H9FN2O4S/c1-19(17,18)11-13-8(9(14-11)10(15)16)6-2-4-7(12)5-3-6/h2-5H,1H3,(H,13,14)(H,15,16). The van der Waals surface area contributed by atoms with Crippen molar-refractivity contribution in [3.05, 3.63) is 35.8 Å². The van der Waals surface area contributed by atoms with Gasteiger partial charge in [0, 0.05) is 11.8 Å². The number of hydrogen-bond acceptors (Lipinski definition) is 4. The minimum absolute atomic E-state index is 0.0482. The van der Waals surface area contributed by atoms with Crippen LogP contribution in [0.15, 0.2) is 29.4 Å². The number of benzene rings is 1. The maximum atomic E-state index is 12.8. The van der Waals surface area contributed by atoms with Crippen LogP contribution in [-0.4, -0.2) is 35.7 Å². The third-order valence-electron chi connectivity index (χ3n) is 2.36. The fourth-order valence-electron chi connectivity index (χ4n) is 1.50. The number of aromatic nitrogens is 2. The molecule has 0 radical (unpaired) electrons. The summed E-state index contributed by atoms with van der Waals surface area (Å²) in [6.45, 7) is 0. The van der Waals surface area contributed by atoms with E-state index >= 15 is 0 Å². The fraction of sp³-hybridized carbons (Fsp3) is 0.0909. The highest BCUT2D eigenvalue weighted by atomic mass is 32.2. The maximum absolute atomic E-state index is 12.8. The van der Waals surface area contributed by atoms with Crippen molar-refractivity contribution in [2.45, 2.75) is 5.16 Å². The summed E-state index contributed by atoms with van der Waals surface area (Å²) < 4.78 is 35.5. The number of halogens is 1. The van der Waals surface area contributed by atoms with Crippen LogP contribution < -0.4 is 0 Å². The highest BCUT2D eigenvalue weighted by Crippen LogP contribution is 2.23. The predicted octanol–water partition coefficient (Wildman–Crippen LogP) is 1.32. The highest BCUT2D eigenvalue weighted by Gasteiger charge is 2.22. The number of carbonyl (C=O) groups is 1. The molecule has 1 aromatic carbocycles. The summed E-state index contributed by atoms with van der Waals surface area (Å²) in [7, 11) is -3.66. The first-order valence-electron chi connectivity index (χ1n) is 5.08. The van der Waals surface area contributed by atoms with Crippen LogP contribution in [0.1, 0.15) is 10.5 Å². The number of H-pyrrole nitrogens is 1. The Morgan fingerprint density at radius 2 is 1.89 bits per heavy atom. The van der Waals surface area contributed by atoms with Gasteiger partial charge in [-0.1, -0.05) is 0 Å². The van der Waals surface area contributed by atoms with Crippen molar-refractivity contribution in [2.24, 2.45) is 0 Å². The normalized spacial score (nSPS) is 11.5. The van der Waals surface area contributed by atoms with Crippen molar-refractivity contribution in [2.75, 3.05) is 6.26 Å². The van der Waals surface area contributed by atoms with E-state index in [1.165, 1.54) is 12.1 Å². The average Bonchev–Trinajstić information content (AvgIpc) is 2.74. The molecule has 0 amide bonds. The third kappa shape index (κ3) is 2.63. The summed E-state index contributed by atoms with van der Waals surface area (Å²) >= 11 is 0. The zero-order valence-corrected chi connectivity index (χ0v) is 10.5. The van der Waals surface area contributed by atoms with Gasteiger partial charge in [-0.25, -0.2) is 22.6 Å². The SMILES string of the molecule is CS(=O)(=O)c1nc(-c2ccc(F)cc2)c(C(=O)O)[nH]1. The second kappa shape index (κ2) is 4.47. The van der Waals surface area contributed by atoms with Crippen LogP contribution >= 0.6 is 0 Å². The Bertz CT molecular complexity index is 735. The first kappa shape index (κ1) is 13.2. The number of rotatable bonds is 3. The first-order chi connectivity index (χ1) is 8.79. The first-order valence-corrected chi connectivity index (χ1v) is 6.97. The quantitative estimate of drug-likeness (QED) is 0.885. The molecule has 2 rings (SSSR count). The van der Waals surface area contributed by atoms with E-state index < -0.39 is 26.8 Å². The van der Waals surface area contributed by atoms with Crippen molar-refractivity contribution < 1.29 is 22.7 Å². The molecule has 0 aliphatic heterocycles. The van der Waals surface area contributed by atoms with E-state index in [2.05, 4.69) is 9.97 Å². The van der Waals surface area contributed by atoms with Gasteiger partial charge in [0.25, 0.3) is 0 Å². The lowest BCUT2D eigenvalue weighted by Gasteiger charge is -1.98. The summed E-state index contributed by atoms with van der Waals surface area (Å²) in [5, 5.41) is 8.58. The fourth-order valence-corrected chi connectivity index (χ4v) is 2.04. The van der Waals surface area contributed by atoms with Gasteiger partial charge >= 0.3 is 5.97 Å². The number of hydrogen-bond donors (Lipinski definition) is 2. The Morgan fingerprint density at radius 3 is 2.37 bits per heavy atom. The van der Waals surface area contributed by atoms with Crippen LogP contribution in [0, 0.1) is 5.82 Å². The number of carboxylic acids is 1. The van der Waals surface area contributed by atoms with E-state index in [-0.39, 0.29) is 11.4 Å². The van der Waals surface area contributed by atoms with Crippen molar-refractivity contribution in [3.63, 3.8) is 0 Å². The molecule has 2 aromatic rings. The van der Waals surface area contributed by atoms with E-state index in [4.69, 9.17) is 5.11 Å². The average molecular weight is 284 g/mol. The van der Waals surface area contributed by atoms with Gasteiger partial charge in [-0.05, 0) is 24.3 Å². The molecule has 2 N–H and O–H groups in total. The molecular weight excluding hydrogens is 275 g/mol. The Balaban J connectivity index is 2.65. The van der Waals surface area contributed by atoms with Crippen LogP contribution in [0.25, 0.3) is 11.3 Å². The van der Waals surface area contributed by atoms with E-state index in [0.717, 1.165) is 18.4 Å². The lowest BCUT2D eigenvalue weighted by Crippen LogP contribution is -2.01. The summed E-state index contributed by atoms with van der Waals surface area (Å²) in [5.74, 6) is -1.83. The highest BCUT2D eigenvalue weighted by molar-refractivity contribution is 7.90. The predicted molar refractivity (Wildman–Crippen MR) is 64.1 cm³/mol. The minimum atomic E-state index is -3.66. The zero-order chi connectivity index (χ0) is 14.2. The monoisotopic (exact) mass is 284 g/mol. The summed E-state index contributed by atoms with van der Waals surface area (Å²) in [6, 6.07) is 4.92. The second-order valence-corrected chi connectivity index (χ2v) is 5.78. The maximum Gasteiger partial charge on any atom is 0.354 e. The number of imidazole rings is 1. The zero-order valence-electron chi connectivity index (χ0n) is 9.71. The molecule has 19 heavy (non-hydrogen) atoms. The van der Waals surface area contributed by atoms with Crippen molar-refractivity contribution in [1.29, 1.82) is 0 Å². The molecule has 0 bridgehead atoms. The van der Waals surface area contributed by atoms with Crippen molar-refractivity contribution >= 4 is 15.8 Å². The number of nitrogens with zero attached hydrogens (tertiary/aromatic N) is 1. The van der Waals surface area contributed by atoms with Gasteiger partial charge in [-0.2, -0.15) is 0 Å². The van der Waals surface area contributed by atoms with Gasteiger partial charge in [0.1, 0.15) is 11.5 Å². The van der Waals surface area contributed by atoms with E-state index in [1.54, 1.807) is 0 Å². The van der Waals surface area contributed by atoms with Gasteiger partial charge < -0.3 is 10.1 Å². The van der Waals surface area contributed by atoms with Gasteiger partial charge in [0.15, 0.2) is 5.69 Å². The Hall–Kier alpha value is -2.22. The molecule has 0 saturated carbocycles. The molecule has 0 spiro atoms. The molecule has 0 unspecified atom stereocenters. The van der Waals surface area contributed by atoms with Crippen LogP contribution in [0.4, 0.5) is 4.39 Å². The van der Waals surface area contributed by atoms with Crippen molar-refractivity contribution in [3.8, 4) is 11.3 Å². The molecule has 0 atom stereocenters. The van der Waals surface area contributed by atoms with Crippen LogP contribution in [0.2, 0.25) is 0 Å². The summed E-state index contributed by atoms with van der Waals surface area (Å²) in [6.07, 6.45) is 0.909. The second-order valence-electron chi connectivity index (χ2n) is 3.85. The number of sulfone groups is 1. The molecule has 6 nitrogen and oxygen atoms in total. The third-order valence-corrected chi connectivity index (χ3v) is 3.26. The van der Waals surface area contributed by atoms with Gasteiger partial charge in [0.05, 0.1) is 0 Å². The molecule has 0 fully saturated rings. The van der Waals surface area contributed by atoms with Crippen molar-refractivity contribution in [1.82, 2.24) is 9.97 Å². The molecule has 1 aromatic heterocycles. The van der Waals surface area contributed by atoms with Gasteiger partial charge in [0.2, 0.25) is 15.0 Å². The molecule has 100 valence electrons. The number of nitrogens with one attached hydrogen (secondary N) is 1. The Labute approximate surface area is 107 Å². The van der Waals surface area contributed by atoms with Crippen LogP contribution in [0.3, 0.4) is 0 Å². The Kier molecular flexibility index (Phi) is 3.11. The lowest BCUT2D eigenvalue weighted by molar-refractivity contribution is 0.0691. The lowest BCUT2D eigenvalue weighted by atomic mass is 10.1. The topological polar surface area (TPSA) is 100 Å². The number of aromatic carboxylic acids is 1. The van der Waals surface area contributed by atoms with E-state index in [1.807, 2.05) is 0 Å². The molecule has 0 aliphatic rings. The van der Waals surface area contributed by atoms with Gasteiger partial charge in [-0.3, -0.25) is 0 Å². The molecule has 8 heteroatoms. The molecule has 0 saturated heterocycles.